The highest BCUT2D eigenvalue weighted by atomic mass is 32.2. The predicted octanol–water partition coefficient (Wildman–Crippen LogP) is 2.83. The number of carbonyl (C=O) groups is 1. The number of hydrogen-bond donors (Lipinski definition) is 2. The first-order chi connectivity index (χ1) is 15.3. The molecule has 0 unspecified atom stereocenters. The molecule has 168 valence electrons. The third kappa shape index (κ3) is 5.94. The van der Waals surface area contributed by atoms with Crippen LogP contribution in [0.5, 0.6) is 5.88 Å². The lowest BCUT2D eigenvalue weighted by Gasteiger charge is -2.09. The van der Waals surface area contributed by atoms with Crippen LogP contribution in [0.2, 0.25) is 0 Å². The summed E-state index contributed by atoms with van der Waals surface area (Å²) >= 11 is 0. The van der Waals surface area contributed by atoms with Gasteiger partial charge in [0.15, 0.2) is 0 Å². The maximum absolute atomic E-state index is 12.5. The second-order valence-electron chi connectivity index (χ2n) is 6.38. The molecule has 0 saturated heterocycles. The van der Waals surface area contributed by atoms with E-state index in [9.17, 15) is 22.0 Å². The van der Waals surface area contributed by atoms with Gasteiger partial charge in [-0.1, -0.05) is 12.1 Å². The van der Waals surface area contributed by atoms with Gasteiger partial charge < -0.3 is 10.1 Å². The number of nitrogens with one attached hydrogen (secondary N) is 2. The van der Waals surface area contributed by atoms with Crippen LogP contribution < -0.4 is 14.8 Å². The van der Waals surface area contributed by atoms with Crippen molar-refractivity contribution in [2.24, 2.45) is 0 Å². The van der Waals surface area contributed by atoms with E-state index in [1.807, 2.05) is 6.92 Å². The summed E-state index contributed by atoms with van der Waals surface area (Å²) in [6.07, 6.45) is 4.34. The molecular weight excluding hydrogens is 444 g/mol. The smallest absolute Gasteiger partial charge is 0.355 e. The first-order valence-corrected chi connectivity index (χ1v) is 10.9. The van der Waals surface area contributed by atoms with Gasteiger partial charge >= 0.3 is 5.76 Å². The Balaban J connectivity index is 1.63. The Hall–Kier alpha value is -3.67. The van der Waals surface area contributed by atoms with Crippen molar-refractivity contribution < 1.29 is 26.7 Å². The van der Waals surface area contributed by atoms with Crippen LogP contribution >= 0.6 is 0 Å². The molecule has 9 nitrogen and oxygen atoms in total. The van der Waals surface area contributed by atoms with Crippen LogP contribution in [0.3, 0.4) is 0 Å². The number of carbonyl (C=O) groups excluding carboxylic acids is 1. The molecule has 2 N–H and O–H groups in total. The fraction of sp³-hybridized carbons (Fsp3) is 0.200. The largest absolute Gasteiger partial charge is 0.477 e. The number of hydrogen-bond acceptors (Lipinski definition) is 7. The molecule has 3 aromatic rings. The lowest BCUT2D eigenvalue weighted by Crippen LogP contribution is -2.24. The summed E-state index contributed by atoms with van der Waals surface area (Å²) in [5.74, 6) is -3.56. The van der Waals surface area contributed by atoms with E-state index < -0.39 is 21.7 Å². The van der Waals surface area contributed by atoms with Crippen molar-refractivity contribution in [2.45, 2.75) is 19.2 Å². The quantitative estimate of drug-likeness (QED) is 0.500. The number of nitrogens with zero attached hydrogens (tertiary/aromatic N) is 3. The van der Waals surface area contributed by atoms with E-state index in [0.29, 0.717) is 23.7 Å². The standard InChI is InChI=1S/C20H19F2N5O4S/c1-2-31-18-12-23-11-17(26-18)13-3-5-14(6-4-13)19(28)25-10-16-9-15(7-8-24-16)27-32(29,30)20(21)22/h3-9,11-12,20H,2,10H2,1H3,(H,24,27)(H,25,28). The molecule has 0 fully saturated rings. The van der Waals surface area contributed by atoms with Crippen molar-refractivity contribution in [3.8, 4) is 17.1 Å². The van der Waals surface area contributed by atoms with Gasteiger partial charge in [-0.3, -0.25) is 19.5 Å². The van der Waals surface area contributed by atoms with Gasteiger partial charge in [0.25, 0.3) is 15.9 Å². The zero-order valence-electron chi connectivity index (χ0n) is 16.8. The Morgan fingerprint density at radius 2 is 1.91 bits per heavy atom. The maximum atomic E-state index is 12.5. The summed E-state index contributed by atoms with van der Waals surface area (Å²) in [6.45, 7) is 2.27. The maximum Gasteiger partial charge on any atom is 0.355 e. The summed E-state index contributed by atoms with van der Waals surface area (Å²) < 4.78 is 54.6. The molecular formula is C20H19F2N5O4S. The van der Waals surface area contributed by atoms with Gasteiger partial charge in [-0.2, -0.15) is 8.78 Å². The van der Waals surface area contributed by atoms with Crippen LogP contribution in [0.1, 0.15) is 23.0 Å². The fourth-order valence-corrected chi connectivity index (χ4v) is 3.16. The molecule has 3 rings (SSSR count). The van der Waals surface area contributed by atoms with Gasteiger partial charge in [0.05, 0.1) is 42.6 Å². The molecule has 1 amide bonds. The summed E-state index contributed by atoms with van der Waals surface area (Å²) in [5.41, 5.74) is 1.92. The SMILES string of the molecule is CCOc1cncc(-c2ccc(C(=O)NCc3cc(NS(=O)(=O)C(F)F)ccn3)cc2)n1. The predicted molar refractivity (Wildman–Crippen MR) is 113 cm³/mol. The molecule has 0 aliphatic heterocycles. The van der Waals surface area contributed by atoms with E-state index in [1.54, 1.807) is 35.2 Å². The average molecular weight is 463 g/mol. The Morgan fingerprint density at radius 1 is 1.16 bits per heavy atom. The van der Waals surface area contributed by atoms with Crippen LogP contribution in [0.25, 0.3) is 11.3 Å². The molecule has 0 saturated carbocycles. The minimum atomic E-state index is -4.79. The van der Waals surface area contributed by atoms with Crippen molar-refractivity contribution in [2.75, 3.05) is 11.3 Å². The summed E-state index contributed by atoms with van der Waals surface area (Å²) in [7, 11) is -4.79. The van der Waals surface area contributed by atoms with Gasteiger partial charge in [0, 0.05) is 17.3 Å². The van der Waals surface area contributed by atoms with Crippen molar-refractivity contribution in [1.29, 1.82) is 0 Å². The lowest BCUT2D eigenvalue weighted by atomic mass is 10.1. The average Bonchev–Trinajstić information content (AvgIpc) is 2.78. The van der Waals surface area contributed by atoms with Crippen molar-refractivity contribution in [3.05, 3.63) is 66.2 Å². The molecule has 0 bridgehead atoms. The molecule has 2 aromatic heterocycles. The molecule has 0 aliphatic carbocycles. The summed E-state index contributed by atoms with van der Waals surface area (Å²) in [6, 6.07) is 9.14. The minimum absolute atomic E-state index is 0.0350. The van der Waals surface area contributed by atoms with E-state index in [1.165, 1.54) is 24.5 Å². The third-order valence-electron chi connectivity index (χ3n) is 4.09. The Bertz CT molecular complexity index is 1190. The van der Waals surface area contributed by atoms with Crippen LogP contribution in [0.4, 0.5) is 14.5 Å². The van der Waals surface area contributed by atoms with Crippen LogP contribution in [-0.2, 0) is 16.6 Å². The summed E-state index contributed by atoms with van der Waals surface area (Å²) in [5, 5.41) is 2.64. The summed E-state index contributed by atoms with van der Waals surface area (Å²) in [4.78, 5) is 24.8. The van der Waals surface area contributed by atoms with Crippen molar-refractivity contribution in [3.63, 3.8) is 0 Å². The third-order valence-corrected chi connectivity index (χ3v) is 5.08. The molecule has 0 aliphatic rings. The Morgan fingerprint density at radius 3 is 2.59 bits per heavy atom. The first kappa shape index (κ1) is 23.0. The minimum Gasteiger partial charge on any atom is -0.477 e. The Labute approximate surface area is 182 Å². The molecule has 12 heteroatoms. The highest BCUT2D eigenvalue weighted by molar-refractivity contribution is 7.93. The number of sulfonamides is 1. The number of halogens is 2. The number of anilines is 1. The van der Waals surface area contributed by atoms with Crippen LogP contribution in [0, 0.1) is 0 Å². The number of benzene rings is 1. The number of alkyl halides is 2. The van der Waals surface area contributed by atoms with E-state index in [0.717, 1.165) is 5.56 Å². The molecule has 32 heavy (non-hydrogen) atoms. The molecule has 0 spiro atoms. The number of amides is 1. The van der Waals surface area contributed by atoms with E-state index in [4.69, 9.17) is 4.74 Å². The van der Waals surface area contributed by atoms with E-state index in [-0.39, 0.29) is 17.9 Å². The van der Waals surface area contributed by atoms with Crippen LogP contribution in [-0.4, -0.2) is 41.6 Å². The molecule has 1 aromatic carbocycles. The number of rotatable bonds is 9. The van der Waals surface area contributed by atoms with Crippen molar-refractivity contribution in [1.82, 2.24) is 20.3 Å². The highest BCUT2D eigenvalue weighted by Gasteiger charge is 2.23. The first-order valence-electron chi connectivity index (χ1n) is 9.36. The van der Waals surface area contributed by atoms with Gasteiger partial charge in [-0.05, 0) is 31.2 Å². The van der Waals surface area contributed by atoms with Gasteiger partial charge in [-0.25, -0.2) is 13.4 Å². The lowest BCUT2D eigenvalue weighted by molar-refractivity contribution is 0.0950. The fourth-order valence-electron chi connectivity index (χ4n) is 2.62. The topological polar surface area (TPSA) is 123 Å². The number of aromatic nitrogens is 3. The Kier molecular flexibility index (Phi) is 7.25. The zero-order chi connectivity index (χ0) is 23.1. The normalized spacial score (nSPS) is 11.2. The number of pyridine rings is 1. The van der Waals surface area contributed by atoms with Crippen molar-refractivity contribution >= 4 is 21.6 Å². The number of ether oxygens (including phenoxy) is 1. The van der Waals surface area contributed by atoms with Crippen LogP contribution in [0.15, 0.2) is 55.0 Å². The monoisotopic (exact) mass is 463 g/mol. The van der Waals surface area contributed by atoms with E-state index >= 15 is 0 Å². The molecule has 2 heterocycles. The van der Waals surface area contributed by atoms with Gasteiger partial charge in [0.2, 0.25) is 5.88 Å². The molecule has 0 atom stereocenters. The van der Waals surface area contributed by atoms with Gasteiger partial charge in [0.1, 0.15) is 0 Å². The highest BCUT2D eigenvalue weighted by Crippen LogP contribution is 2.19. The van der Waals surface area contributed by atoms with Gasteiger partial charge in [-0.15, -0.1) is 0 Å². The second-order valence-corrected chi connectivity index (χ2v) is 8.03. The van der Waals surface area contributed by atoms with E-state index in [2.05, 4.69) is 20.3 Å². The molecule has 0 radical (unpaired) electrons. The zero-order valence-corrected chi connectivity index (χ0v) is 17.6. The second kappa shape index (κ2) is 10.1.